The first-order chi connectivity index (χ1) is 11.2. The fourth-order valence-electron chi connectivity index (χ4n) is 8.02. The third-order valence-corrected chi connectivity index (χ3v) is 9.48. The van der Waals surface area contributed by atoms with Gasteiger partial charge in [0.05, 0.1) is 17.8 Å². The molecule has 3 unspecified atom stereocenters. The molecule has 0 spiro atoms. The van der Waals surface area contributed by atoms with Gasteiger partial charge in [0, 0.05) is 5.41 Å². The predicted octanol–water partition coefficient (Wildman–Crippen LogP) is 3.50. The number of aliphatic hydroxyl groups is 3. The lowest BCUT2D eigenvalue weighted by molar-refractivity contribution is -0.215. The van der Waals surface area contributed by atoms with E-state index < -0.39 is 5.60 Å². The van der Waals surface area contributed by atoms with Crippen molar-refractivity contribution >= 4 is 0 Å². The van der Waals surface area contributed by atoms with E-state index in [-0.39, 0.29) is 23.5 Å². The number of aliphatic hydroxyl groups excluding tert-OH is 2. The standard InChI is InChI=1S/C21H36O3/c1-13(22)16-8-11-21(24)18-5-4-14-12-15(23)6-9-19(14,2)17(18)7-10-20(16,21)3/h13-18,22-24H,4-12H2,1-3H3/t13?,14?,15?,16-,17+,18-,19+,20-,21-/m1/s1. The van der Waals surface area contributed by atoms with Crippen molar-refractivity contribution in [2.45, 2.75) is 96.4 Å². The zero-order valence-electron chi connectivity index (χ0n) is 15.7. The molecule has 3 N–H and O–H groups in total. The fourth-order valence-corrected chi connectivity index (χ4v) is 8.02. The van der Waals surface area contributed by atoms with Crippen LogP contribution in [0.25, 0.3) is 0 Å². The summed E-state index contributed by atoms with van der Waals surface area (Å²) in [4.78, 5) is 0. The number of rotatable bonds is 1. The first-order valence-electron chi connectivity index (χ1n) is 10.3. The molecule has 0 aromatic heterocycles. The van der Waals surface area contributed by atoms with Gasteiger partial charge in [-0.25, -0.2) is 0 Å². The SMILES string of the molecule is CC(O)[C@H]1CC[C@@]2(O)[C@@H]3CCC4CC(O)CC[C@]4(C)[C@H]3CC[C@]12C. The first kappa shape index (κ1) is 17.3. The molecule has 9 atom stereocenters. The zero-order valence-corrected chi connectivity index (χ0v) is 15.7. The Balaban J connectivity index is 1.66. The van der Waals surface area contributed by atoms with E-state index in [0.29, 0.717) is 23.2 Å². The molecule has 0 bridgehead atoms. The van der Waals surface area contributed by atoms with Crippen LogP contribution in [0.4, 0.5) is 0 Å². The maximum absolute atomic E-state index is 11.9. The highest BCUT2D eigenvalue weighted by Gasteiger charge is 2.67. The molecule has 3 nitrogen and oxygen atoms in total. The second-order valence-corrected chi connectivity index (χ2v) is 10.2. The van der Waals surface area contributed by atoms with Crippen molar-refractivity contribution in [3.8, 4) is 0 Å². The van der Waals surface area contributed by atoms with Crippen molar-refractivity contribution in [1.82, 2.24) is 0 Å². The molecule has 4 saturated carbocycles. The summed E-state index contributed by atoms with van der Waals surface area (Å²) in [5, 5.41) is 32.3. The molecular formula is C21H36O3. The molecule has 0 amide bonds. The van der Waals surface area contributed by atoms with E-state index in [1.807, 2.05) is 6.92 Å². The van der Waals surface area contributed by atoms with Crippen LogP contribution in [0.1, 0.15) is 78.6 Å². The van der Waals surface area contributed by atoms with E-state index in [4.69, 9.17) is 0 Å². The Morgan fingerprint density at radius 3 is 2.38 bits per heavy atom. The second-order valence-electron chi connectivity index (χ2n) is 10.2. The highest BCUT2D eigenvalue weighted by molar-refractivity contribution is 5.17. The minimum Gasteiger partial charge on any atom is -0.393 e. The van der Waals surface area contributed by atoms with Gasteiger partial charge >= 0.3 is 0 Å². The Hall–Kier alpha value is -0.120. The van der Waals surface area contributed by atoms with E-state index in [1.54, 1.807) is 0 Å². The van der Waals surface area contributed by atoms with Crippen LogP contribution in [-0.4, -0.2) is 33.1 Å². The van der Waals surface area contributed by atoms with Gasteiger partial charge in [-0.15, -0.1) is 0 Å². The minimum atomic E-state index is -0.596. The number of fused-ring (bicyclic) bond motifs is 5. The Morgan fingerprint density at radius 2 is 1.67 bits per heavy atom. The van der Waals surface area contributed by atoms with Crippen molar-refractivity contribution < 1.29 is 15.3 Å². The molecule has 0 aromatic carbocycles. The van der Waals surface area contributed by atoms with Crippen LogP contribution in [0, 0.1) is 34.5 Å². The van der Waals surface area contributed by atoms with E-state index >= 15 is 0 Å². The first-order valence-corrected chi connectivity index (χ1v) is 10.3. The van der Waals surface area contributed by atoms with E-state index in [2.05, 4.69) is 13.8 Å². The molecule has 3 heteroatoms. The van der Waals surface area contributed by atoms with E-state index in [9.17, 15) is 15.3 Å². The van der Waals surface area contributed by atoms with Gasteiger partial charge in [0.25, 0.3) is 0 Å². The minimum absolute atomic E-state index is 0.109. The third kappa shape index (κ3) is 2.07. The highest BCUT2D eigenvalue weighted by Crippen LogP contribution is 2.69. The summed E-state index contributed by atoms with van der Waals surface area (Å²) in [5.41, 5.74) is -0.427. The van der Waals surface area contributed by atoms with Gasteiger partial charge in [-0.3, -0.25) is 0 Å². The number of hydrogen-bond donors (Lipinski definition) is 3. The summed E-state index contributed by atoms with van der Waals surface area (Å²) in [6, 6.07) is 0. The molecule has 138 valence electrons. The normalized spacial score (nSPS) is 58.5. The summed E-state index contributed by atoms with van der Waals surface area (Å²) in [7, 11) is 0. The molecule has 4 aliphatic rings. The zero-order chi connectivity index (χ0) is 17.3. The van der Waals surface area contributed by atoms with Crippen molar-refractivity contribution in [2.75, 3.05) is 0 Å². The summed E-state index contributed by atoms with van der Waals surface area (Å²) >= 11 is 0. The van der Waals surface area contributed by atoms with Crippen molar-refractivity contribution in [2.24, 2.45) is 34.5 Å². The Bertz CT molecular complexity index is 505. The lowest BCUT2D eigenvalue weighted by Gasteiger charge is -2.63. The summed E-state index contributed by atoms with van der Waals surface area (Å²) in [6.45, 7) is 6.62. The van der Waals surface area contributed by atoms with Crippen LogP contribution in [-0.2, 0) is 0 Å². The van der Waals surface area contributed by atoms with Gasteiger partial charge in [0.1, 0.15) is 0 Å². The van der Waals surface area contributed by atoms with Gasteiger partial charge in [-0.05, 0) is 93.8 Å². The topological polar surface area (TPSA) is 60.7 Å². The van der Waals surface area contributed by atoms with Gasteiger partial charge in [0.15, 0.2) is 0 Å². The fraction of sp³-hybridized carbons (Fsp3) is 1.00. The van der Waals surface area contributed by atoms with Crippen LogP contribution in [0.2, 0.25) is 0 Å². The quantitative estimate of drug-likeness (QED) is 0.687. The lowest BCUT2D eigenvalue weighted by Crippen LogP contribution is -2.62. The second kappa shape index (κ2) is 5.44. The van der Waals surface area contributed by atoms with Gasteiger partial charge in [-0.2, -0.15) is 0 Å². The Morgan fingerprint density at radius 1 is 0.917 bits per heavy atom. The molecule has 0 saturated heterocycles. The monoisotopic (exact) mass is 336 g/mol. The molecule has 24 heavy (non-hydrogen) atoms. The third-order valence-electron chi connectivity index (χ3n) is 9.48. The molecule has 0 aliphatic heterocycles. The molecular weight excluding hydrogens is 300 g/mol. The van der Waals surface area contributed by atoms with Crippen LogP contribution in [0.15, 0.2) is 0 Å². The molecule has 4 rings (SSSR count). The van der Waals surface area contributed by atoms with Crippen LogP contribution >= 0.6 is 0 Å². The van der Waals surface area contributed by atoms with Gasteiger partial charge in [0.2, 0.25) is 0 Å². The smallest absolute Gasteiger partial charge is 0.0735 e. The maximum atomic E-state index is 11.9. The Kier molecular flexibility index (Phi) is 3.92. The van der Waals surface area contributed by atoms with Crippen molar-refractivity contribution in [3.05, 3.63) is 0 Å². The molecule has 4 aliphatic carbocycles. The van der Waals surface area contributed by atoms with Gasteiger partial charge < -0.3 is 15.3 Å². The summed E-state index contributed by atoms with van der Waals surface area (Å²) < 4.78 is 0. The van der Waals surface area contributed by atoms with Crippen LogP contribution in [0.3, 0.4) is 0 Å². The van der Waals surface area contributed by atoms with E-state index in [1.165, 1.54) is 6.42 Å². The summed E-state index contributed by atoms with van der Waals surface area (Å²) in [6.07, 6.45) is 8.92. The average Bonchev–Trinajstić information content (AvgIpc) is 2.80. The Labute approximate surface area is 146 Å². The van der Waals surface area contributed by atoms with Gasteiger partial charge in [-0.1, -0.05) is 13.8 Å². The van der Waals surface area contributed by atoms with Crippen LogP contribution in [0.5, 0.6) is 0 Å². The highest BCUT2D eigenvalue weighted by atomic mass is 16.3. The van der Waals surface area contributed by atoms with Crippen molar-refractivity contribution in [1.29, 1.82) is 0 Å². The molecule has 0 aromatic rings. The average molecular weight is 337 g/mol. The van der Waals surface area contributed by atoms with Crippen molar-refractivity contribution in [3.63, 3.8) is 0 Å². The molecule has 0 radical (unpaired) electrons. The predicted molar refractivity (Wildman–Crippen MR) is 94.4 cm³/mol. The molecule has 4 fully saturated rings. The number of hydrogen-bond acceptors (Lipinski definition) is 3. The maximum Gasteiger partial charge on any atom is 0.0735 e. The molecule has 0 heterocycles. The largest absolute Gasteiger partial charge is 0.393 e. The van der Waals surface area contributed by atoms with E-state index in [0.717, 1.165) is 51.4 Å². The summed E-state index contributed by atoms with van der Waals surface area (Å²) in [5.74, 6) is 1.85. The lowest BCUT2D eigenvalue weighted by atomic mass is 9.43. The van der Waals surface area contributed by atoms with Crippen LogP contribution < -0.4 is 0 Å².